The van der Waals surface area contributed by atoms with Gasteiger partial charge in [-0.05, 0) is 22.3 Å². The van der Waals surface area contributed by atoms with Gasteiger partial charge in [0.05, 0.1) is 12.7 Å². The number of aliphatic carboxylic acids is 1. The van der Waals surface area contributed by atoms with Gasteiger partial charge in [0.15, 0.2) is 0 Å². The van der Waals surface area contributed by atoms with Crippen LogP contribution in [0.15, 0.2) is 48.5 Å². The van der Waals surface area contributed by atoms with Gasteiger partial charge < -0.3 is 29.5 Å². The number of carbonyl (C=O) groups is 3. The molecule has 2 N–H and O–H groups in total. The lowest BCUT2D eigenvalue weighted by Gasteiger charge is -2.31. The number of carboxylic acids is 1. The number of hydrogen-bond donors (Lipinski definition) is 2. The van der Waals surface area contributed by atoms with Crippen LogP contribution in [0.5, 0.6) is 0 Å². The zero-order chi connectivity index (χ0) is 24.6. The number of benzene rings is 2. The van der Waals surface area contributed by atoms with E-state index >= 15 is 0 Å². The van der Waals surface area contributed by atoms with Gasteiger partial charge in [-0.2, -0.15) is 0 Å². The normalized spacial score (nSPS) is 25.2. The Labute approximate surface area is 203 Å². The summed E-state index contributed by atoms with van der Waals surface area (Å²) < 4.78 is 16.4. The van der Waals surface area contributed by atoms with Crippen molar-refractivity contribution in [3.63, 3.8) is 0 Å². The van der Waals surface area contributed by atoms with Gasteiger partial charge in [0.25, 0.3) is 5.91 Å². The molecule has 184 valence electrons. The Bertz CT molecular complexity index is 1100. The van der Waals surface area contributed by atoms with Crippen LogP contribution in [0.4, 0.5) is 4.79 Å². The molecule has 0 aromatic heterocycles. The van der Waals surface area contributed by atoms with Crippen LogP contribution in [0, 0.1) is 5.92 Å². The lowest BCUT2D eigenvalue weighted by Crippen LogP contribution is -2.60. The van der Waals surface area contributed by atoms with Crippen molar-refractivity contribution in [3.05, 3.63) is 59.7 Å². The van der Waals surface area contributed by atoms with E-state index in [9.17, 15) is 19.5 Å². The number of fused-ring (bicyclic) bond motifs is 3. The number of ether oxygens (including phenoxy) is 3. The van der Waals surface area contributed by atoms with E-state index in [-0.39, 0.29) is 44.5 Å². The van der Waals surface area contributed by atoms with Crippen LogP contribution in [0.1, 0.15) is 23.5 Å². The van der Waals surface area contributed by atoms with Gasteiger partial charge >= 0.3 is 12.1 Å². The number of alkyl carbamates (subject to hydrolysis) is 1. The molecule has 0 spiro atoms. The molecule has 5 rings (SSSR count). The van der Waals surface area contributed by atoms with E-state index in [1.54, 1.807) is 0 Å². The second-order valence-corrected chi connectivity index (χ2v) is 9.26. The number of likely N-dealkylation sites (tertiary alicyclic amines) is 1. The third-order valence-electron chi connectivity index (χ3n) is 7.29. The highest BCUT2D eigenvalue weighted by Crippen LogP contribution is 2.44. The summed E-state index contributed by atoms with van der Waals surface area (Å²) in [6.45, 7) is 0.587. The van der Waals surface area contributed by atoms with Crippen LogP contribution in [0.3, 0.4) is 0 Å². The fourth-order valence-corrected chi connectivity index (χ4v) is 5.43. The third kappa shape index (κ3) is 4.15. The first-order valence-electron chi connectivity index (χ1n) is 11.7. The van der Waals surface area contributed by atoms with Crippen LogP contribution in [0.25, 0.3) is 11.1 Å². The predicted octanol–water partition coefficient (Wildman–Crippen LogP) is 2.24. The first-order chi connectivity index (χ1) is 16.9. The zero-order valence-electron chi connectivity index (χ0n) is 19.4. The summed E-state index contributed by atoms with van der Waals surface area (Å²) >= 11 is 0. The number of hydrogen-bond acceptors (Lipinski definition) is 6. The molecule has 0 bridgehead atoms. The summed E-state index contributed by atoms with van der Waals surface area (Å²) in [5.41, 5.74) is 3.15. The molecule has 3 unspecified atom stereocenters. The SMILES string of the molecule is COC1CN(C(=O)C2(NC(=O)OCC3c4ccccc4-c4ccccc43)CCOC2)CC1C(=O)O. The fraction of sp³-hybridized carbons (Fsp3) is 0.423. The fourth-order valence-electron chi connectivity index (χ4n) is 5.43. The maximum absolute atomic E-state index is 13.4. The van der Waals surface area contributed by atoms with Crippen LogP contribution in [-0.2, 0) is 23.8 Å². The van der Waals surface area contributed by atoms with Crippen LogP contribution in [0.2, 0.25) is 0 Å². The van der Waals surface area contributed by atoms with Crippen molar-refractivity contribution in [2.24, 2.45) is 5.92 Å². The minimum atomic E-state index is -1.30. The number of methoxy groups -OCH3 is 1. The second-order valence-electron chi connectivity index (χ2n) is 9.26. The average Bonchev–Trinajstić information content (AvgIpc) is 3.59. The monoisotopic (exact) mass is 480 g/mol. The van der Waals surface area contributed by atoms with E-state index < -0.39 is 29.6 Å². The highest BCUT2D eigenvalue weighted by Gasteiger charge is 2.50. The number of nitrogens with one attached hydrogen (secondary N) is 1. The minimum Gasteiger partial charge on any atom is -0.481 e. The summed E-state index contributed by atoms with van der Waals surface area (Å²) in [5.74, 6) is -2.32. The molecule has 2 aromatic rings. The van der Waals surface area contributed by atoms with Gasteiger partial charge in [0.2, 0.25) is 0 Å². The lowest BCUT2D eigenvalue weighted by atomic mass is 9.96. The lowest BCUT2D eigenvalue weighted by molar-refractivity contribution is -0.144. The summed E-state index contributed by atoms with van der Waals surface area (Å²) in [6.07, 6.45) is -1.03. The molecule has 3 atom stereocenters. The Morgan fingerprint density at radius 1 is 1.09 bits per heavy atom. The first-order valence-corrected chi connectivity index (χ1v) is 11.7. The highest BCUT2D eigenvalue weighted by molar-refractivity contribution is 5.91. The van der Waals surface area contributed by atoms with E-state index in [2.05, 4.69) is 17.4 Å². The van der Waals surface area contributed by atoms with Crippen LogP contribution >= 0.6 is 0 Å². The molecule has 2 heterocycles. The smallest absolute Gasteiger partial charge is 0.408 e. The minimum absolute atomic E-state index is 0.00190. The van der Waals surface area contributed by atoms with Crippen molar-refractivity contribution in [2.75, 3.05) is 40.0 Å². The molecule has 0 saturated carbocycles. The van der Waals surface area contributed by atoms with Gasteiger partial charge in [-0.1, -0.05) is 48.5 Å². The van der Waals surface area contributed by atoms with E-state index in [0.29, 0.717) is 6.61 Å². The molecular formula is C26H28N2O7. The molecule has 2 amide bonds. The van der Waals surface area contributed by atoms with Gasteiger partial charge in [-0.3, -0.25) is 9.59 Å². The quantitative estimate of drug-likeness (QED) is 0.652. The van der Waals surface area contributed by atoms with E-state index in [1.807, 2.05) is 36.4 Å². The number of carboxylic acid groups (broad SMARTS) is 1. The van der Waals surface area contributed by atoms with Crippen molar-refractivity contribution < 1.29 is 33.7 Å². The molecule has 9 nitrogen and oxygen atoms in total. The Balaban J connectivity index is 1.28. The molecule has 2 fully saturated rings. The Kier molecular flexibility index (Phi) is 6.21. The molecule has 9 heteroatoms. The molecule has 1 aliphatic carbocycles. The number of amides is 2. The van der Waals surface area contributed by atoms with Crippen molar-refractivity contribution in [1.29, 1.82) is 0 Å². The van der Waals surface area contributed by atoms with Gasteiger partial charge in [-0.15, -0.1) is 0 Å². The number of carbonyl (C=O) groups excluding carboxylic acids is 2. The predicted molar refractivity (Wildman–Crippen MR) is 125 cm³/mol. The van der Waals surface area contributed by atoms with Crippen molar-refractivity contribution in [1.82, 2.24) is 10.2 Å². The Morgan fingerprint density at radius 2 is 1.74 bits per heavy atom. The maximum atomic E-state index is 13.4. The number of nitrogens with zero attached hydrogens (tertiary/aromatic N) is 1. The molecule has 3 aliphatic rings. The van der Waals surface area contributed by atoms with Crippen molar-refractivity contribution >= 4 is 18.0 Å². The van der Waals surface area contributed by atoms with Gasteiger partial charge in [-0.25, -0.2) is 4.79 Å². The molecule has 2 aromatic carbocycles. The van der Waals surface area contributed by atoms with Crippen molar-refractivity contribution in [2.45, 2.75) is 24.0 Å². The van der Waals surface area contributed by atoms with E-state index in [4.69, 9.17) is 14.2 Å². The Hall–Kier alpha value is -3.43. The van der Waals surface area contributed by atoms with Crippen molar-refractivity contribution in [3.8, 4) is 11.1 Å². The summed E-state index contributed by atoms with van der Waals surface area (Å²) in [5, 5.41) is 12.2. The third-order valence-corrected chi connectivity index (χ3v) is 7.29. The van der Waals surface area contributed by atoms with E-state index in [0.717, 1.165) is 22.3 Å². The summed E-state index contributed by atoms with van der Waals surface area (Å²) in [4.78, 5) is 39.4. The molecule has 0 radical (unpaired) electrons. The molecule has 2 aliphatic heterocycles. The largest absolute Gasteiger partial charge is 0.481 e. The topological polar surface area (TPSA) is 114 Å². The maximum Gasteiger partial charge on any atom is 0.408 e. The first kappa shape index (κ1) is 23.3. The second kappa shape index (κ2) is 9.31. The summed E-state index contributed by atoms with van der Waals surface area (Å²) in [7, 11) is 1.43. The highest BCUT2D eigenvalue weighted by atomic mass is 16.6. The van der Waals surface area contributed by atoms with Crippen LogP contribution in [-0.4, -0.2) is 79.6 Å². The molecule has 2 saturated heterocycles. The average molecular weight is 481 g/mol. The Morgan fingerprint density at radius 3 is 2.29 bits per heavy atom. The van der Waals surface area contributed by atoms with Gasteiger partial charge in [0.1, 0.15) is 18.1 Å². The summed E-state index contributed by atoms with van der Waals surface area (Å²) in [6, 6.07) is 16.1. The van der Waals surface area contributed by atoms with Crippen LogP contribution < -0.4 is 5.32 Å². The molecular weight excluding hydrogens is 452 g/mol. The van der Waals surface area contributed by atoms with Gasteiger partial charge in [0, 0.05) is 39.1 Å². The zero-order valence-corrected chi connectivity index (χ0v) is 19.4. The van der Waals surface area contributed by atoms with E-state index in [1.165, 1.54) is 12.0 Å². The number of rotatable bonds is 6. The molecule has 35 heavy (non-hydrogen) atoms. The standard InChI is InChI=1S/C26H28N2O7/c1-33-22-13-28(12-20(22)23(29)30)24(31)26(10-11-34-15-26)27-25(32)35-14-21-18-8-4-2-6-16(18)17-7-3-5-9-19(17)21/h2-9,20-22H,10-15H2,1H3,(H,27,32)(H,29,30).